The quantitative estimate of drug-likeness (QED) is 0.748. The van der Waals surface area contributed by atoms with Gasteiger partial charge in [0.2, 0.25) is 11.8 Å². The molecule has 1 aromatic carbocycles. The Morgan fingerprint density at radius 1 is 1.03 bits per heavy atom. The van der Waals surface area contributed by atoms with Crippen molar-refractivity contribution in [2.24, 2.45) is 5.92 Å². The Morgan fingerprint density at radius 3 is 2.55 bits per heavy atom. The highest BCUT2D eigenvalue weighted by molar-refractivity contribution is 5.88. The van der Waals surface area contributed by atoms with Crippen molar-refractivity contribution in [1.82, 2.24) is 20.1 Å². The van der Waals surface area contributed by atoms with Crippen molar-refractivity contribution in [2.45, 2.75) is 44.7 Å². The number of piperidine rings is 1. The first kappa shape index (κ1) is 21.5. The third-order valence-electron chi connectivity index (χ3n) is 6.55. The van der Waals surface area contributed by atoms with Gasteiger partial charge >= 0.3 is 0 Å². The monoisotopic (exact) mass is 420 g/mol. The molecule has 6 heteroatoms. The van der Waals surface area contributed by atoms with Crippen LogP contribution >= 0.6 is 0 Å². The summed E-state index contributed by atoms with van der Waals surface area (Å²) in [7, 11) is 0. The van der Waals surface area contributed by atoms with Crippen LogP contribution in [0.2, 0.25) is 0 Å². The van der Waals surface area contributed by atoms with Crippen molar-refractivity contribution in [2.75, 3.05) is 26.2 Å². The van der Waals surface area contributed by atoms with Crippen LogP contribution in [-0.2, 0) is 22.6 Å². The first-order chi connectivity index (χ1) is 15.2. The lowest BCUT2D eigenvalue weighted by molar-refractivity contribution is -0.140. The molecule has 2 amide bonds. The summed E-state index contributed by atoms with van der Waals surface area (Å²) in [6.45, 7) is 3.54. The Bertz CT molecular complexity index is 850. The van der Waals surface area contributed by atoms with Crippen molar-refractivity contribution in [1.29, 1.82) is 0 Å². The van der Waals surface area contributed by atoms with Crippen LogP contribution in [0.25, 0.3) is 0 Å². The molecule has 6 nitrogen and oxygen atoms in total. The van der Waals surface area contributed by atoms with E-state index in [2.05, 4.69) is 45.5 Å². The van der Waals surface area contributed by atoms with E-state index in [4.69, 9.17) is 0 Å². The molecule has 2 aliphatic rings. The molecule has 0 saturated carbocycles. The maximum absolute atomic E-state index is 13.0. The van der Waals surface area contributed by atoms with Gasteiger partial charge in [-0.15, -0.1) is 0 Å². The van der Waals surface area contributed by atoms with Crippen molar-refractivity contribution < 1.29 is 9.59 Å². The van der Waals surface area contributed by atoms with Gasteiger partial charge in [0.25, 0.3) is 0 Å². The van der Waals surface area contributed by atoms with Crippen LogP contribution in [0.5, 0.6) is 0 Å². The molecule has 0 radical (unpaired) electrons. The van der Waals surface area contributed by atoms with Crippen molar-refractivity contribution in [3.05, 3.63) is 66.0 Å². The van der Waals surface area contributed by atoms with Crippen molar-refractivity contribution in [3.63, 3.8) is 0 Å². The number of carbonyl (C=O) groups is 2. The van der Waals surface area contributed by atoms with E-state index >= 15 is 0 Å². The molecular formula is C25H32N4O2. The van der Waals surface area contributed by atoms with Gasteiger partial charge in [0, 0.05) is 38.9 Å². The highest BCUT2D eigenvalue weighted by atomic mass is 16.2. The molecule has 2 saturated heterocycles. The fourth-order valence-electron chi connectivity index (χ4n) is 4.65. The number of hydrogen-bond acceptors (Lipinski definition) is 4. The second-order valence-electron chi connectivity index (χ2n) is 8.65. The Morgan fingerprint density at radius 2 is 1.81 bits per heavy atom. The van der Waals surface area contributed by atoms with Gasteiger partial charge in [-0.1, -0.05) is 36.4 Å². The zero-order chi connectivity index (χ0) is 21.5. The van der Waals surface area contributed by atoms with E-state index in [9.17, 15) is 9.59 Å². The van der Waals surface area contributed by atoms with Gasteiger partial charge in [-0.25, -0.2) is 0 Å². The van der Waals surface area contributed by atoms with Crippen molar-refractivity contribution >= 4 is 11.8 Å². The third-order valence-corrected chi connectivity index (χ3v) is 6.55. The second kappa shape index (κ2) is 10.5. The summed E-state index contributed by atoms with van der Waals surface area (Å²) in [6, 6.07) is 16.0. The number of benzene rings is 1. The molecular weight excluding hydrogens is 388 g/mol. The van der Waals surface area contributed by atoms with E-state index in [0.29, 0.717) is 19.0 Å². The molecule has 2 aliphatic heterocycles. The number of nitrogens with one attached hydrogen (secondary N) is 1. The van der Waals surface area contributed by atoms with E-state index < -0.39 is 6.04 Å². The number of hydrogen-bond donors (Lipinski definition) is 1. The standard InChI is InChI=1S/C25H32N4O2/c30-24(28-15-11-21(12-16-28)10-9-20-6-2-1-3-7-20)18-23-25(31)27-14-17-29(23)19-22-8-4-5-13-26-22/h1-8,13,21,23H,9-12,14-19H2,(H,27,31). The zero-order valence-corrected chi connectivity index (χ0v) is 18.1. The predicted octanol–water partition coefficient (Wildman–Crippen LogP) is 2.64. The van der Waals surface area contributed by atoms with Crippen molar-refractivity contribution in [3.8, 4) is 0 Å². The number of amides is 2. The van der Waals surface area contributed by atoms with Gasteiger partial charge in [-0.2, -0.15) is 0 Å². The summed E-state index contributed by atoms with van der Waals surface area (Å²) in [5.41, 5.74) is 2.31. The minimum absolute atomic E-state index is 0.0479. The lowest BCUT2D eigenvalue weighted by Crippen LogP contribution is -2.56. The summed E-state index contributed by atoms with van der Waals surface area (Å²) in [5, 5.41) is 2.92. The van der Waals surface area contributed by atoms with Crippen LogP contribution in [0, 0.1) is 5.92 Å². The third kappa shape index (κ3) is 5.91. The summed E-state index contributed by atoms with van der Waals surface area (Å²) >= 11 is 0. The first-order valence-electron chi connectivity index (χ1n) is 11.4. The Kier molecular flexibility index (Phi) is 7.30. The summed E-state index contributed by atoms with van der Waals surface area (Å²) in [4.78, 5) is 34.0. The molecule has 1 atom stereocenters. The SMILES string of the molecule is O=C1NCCN(Cc2ccccn2)C1CC(=O)N1CCC(CCc2ccccc2)CC1. The molecule has 1 aromatic heterocycles. The van der Waals surface area contributed by atoms with Crippen LogP contribution in [-0.4, -0.2) is 58.8 Å². The molecule has 164 valence electrons. The molecule has 1 unspecified atom stereocenters. The van der Waals surface area contributed by atoms with Gasteiger partial charge in [-0.3, -0.25) is 19.5 Å². The minimum Gasteiger partial charge on any atom is -0.353 e. The topological polar surface area (TPSA) is 65.5 Å². The van der Waals surface area contributed by atoms with E-state index in [1.165, 1.54) is 12.0 Å². The fraction of sp³-hybridized carbons (Fsp3) is 0.480. The number of aryl methyl sites for hydroxylation is 1. The van der Waals surface area contributed by atoms with E-state index in [1.54, 1.807) is 6.20 Å². The molecule has 0 aliphatic carbocycles. The summed E-state index contributed by atoms with van der Waals surface area (Å²) in [5.74, 6) is 0.714. The highest BCUT2D eigenvalue weighted by Crippen LogP contribution is 2.24. The molecule has 0 bridgehead atoms. The minimum atomic E-state index is -0.418. The Labute approximate surface area is 184 Å². The Balaban J connectivity index is 1.27. The molecule has 3 heterocycles. The molecule has 0 spiro atoms. The lowest BCUT2D eigenvalue weighted by Gasteiger charge is -2.37. The van der Waals surface area contributed by atoms with Gasteiger partial charge in [0.05, 0.1) is 18.2 Å². The van der Waals surface area contributed by atoms with Crippen LogP contribution in [0.3, 0.4) is 0 Å². The average molecular weight is 421 g/mol. The van der Waals surface area contributed by atoms with Crippen LogP contribution in [0.4, 0.5) is 0 Å². The smallest absolute Gasteiger partial charge is 0.237 e. The number of likely N-dealkylation sites (tertiary alicyclic amines) is 1. The molecule has 2 aromatic rings. The summed E-state index contributed by atoms with van der Waals surface area (Å²) < 4.78 is 0. The van der Waals surface area contributed by atoms with E-state index in [-0.39, 0.29) is 18.2 Å². The largest absolute Gasteiger partial charge is 0.353 e. The van der Waals surface area contributed by atoms with E-state index in [0.717, 1.165) is 44.6 Å². The number of nitrogens with zero attached hydrogens (tertiary/aromatic N) is 3. The van der Waals surface area contributed by atoms with E-state index in [1.807, 2.05) is 23.1 Å². The second-order valence-corrected chi connectivity index (χ2v) is 8.65. The summed E-state index contributed by atoms with van der Waals surface area (Å²) in [6.07, 6.45) is 6.38. The average Bonchev–Trinajstić information content (AvgIpc) is 2.81. The molecule has 1 N–H and O–H groups in total. The number of piperazine rings is 1. The van der Waals surface area contributed by atoms with Gasteiger partial charge in [0.1, 0.15) is 0 Å². The van der Waals surface area contributed by atoms with Gasteiger partial charge in [-0.05, 0) is 49.3 Å². The Hall–Kier alpha value is -2.73. The predicted molar refractivity (Wildman–Crippen MR) is 120 cm³/mol. The first-order valence-corrected chi connectivity index (χ1v) is 11.4. The van der Waals surface area contributed by atoms with Gasteiger partial charge in [0.15, 0.2) is 0 Å². The molecule has 2 fully saturated rings. The molecule has 4 rings (SSSR count). The van der Waals surface area contributed by atoms with Crippen LogP contribution in [0.1, 0.15) is 36.9 Å². The maximum atomic E-state index is 13.0. The maximum Gasteiger partial charge on any atom is 0.237 e. The van der Waals surface area contributed by atoms with Gasteiger partial charge < -0.3 is 10.2 Å². The number of rotatable bonds is 7. The highest BCUT2D eigenvalue weighted by Gasteiger charge is 2.34. The number of aromatic nitrogens is 1. The lowest BCUT2D eigenvalue weighted by atomic mass is 9.90. The fourth-order valence-corrected chi connectivity index (χ4v) is 4.65. The van der Waals surface area contributed by atoms with Crippen LogP contribution in [0.15, 0.2) is 54.7 Å². The number of carbonyl (C=O) groups excluding carboxylic acids is 2. The van der Waals surface area contributed by atoms with Crippen LogP contribution < -0.4 is 5.32 Å². The zero-order valence-electron chi connectivity index (χ0n) is 18.1. The number of pyridine rings is 1. The normalized spacial score (nSPS) is 20.5. The molecule has 31 heavy (non-hydrogen) atoms.